The summed E-state index contributed by atoms with van der Waals surface area (Å²) >= 11 is 5.42. The molecule has 0 aromatic carbocycles. The second-order valence-electron chi connectivity index (χ2n) is 0.810. The molecule has 0 atom stereocenters. The van der Waals surface area contributed by atoms with Crippen LogP contribution in [0.1, 0.15) is 0 Å². The highest BCUT2D eigenvalue weighted by Crippen LogP contribution is 2.14. The molecule has 0 spiro atoms. The Balaban J connectivity index is 2.32. The lowest BCUT2D eigenvalue weighted by atomic mass is 11.1. The normalized spacial score (nSPS) is 21.5. The maximum atomic E-state index is 3.92. The first-order valence-electron chi connectivity index (χ1n) is 1.46. The molecular weight excluding hydrogens is 116 g/mol. The van der Waals surface area contributed by atoms with Crippen molar-refractivity contribution in [2.75, 3.05) is 0 Å². The topological polar surface area (TPSA) is 15.3 Å². The molecule has 0 bridgehead atoms. The van der Waals surface area contributed by atoms with E-state index in [0.717, 1.165) is 0 Å². The van der Waals surface area contributed by atoms with Gasteiger partial charge in [-0.2, -0.15) is 0 Å². The summed E-state index contributed by atoms with van der Waals surface area (Å²) < 4.78 is 1.61. The van der Waals surface area contributed by atoms with Gasteiger partial charge in [-0.25, -0.2) is 0 Å². The fraction of sp³-hybridized carbons (Fsp3) is 0. The molecule has 6 heavy (non-hydrogen) atoms. The zero-order chi connectivity index (χ0) is 4.41. The van der Waals surface area contributed by atoms with E-state index in [0.29, 0.717) is 0 Å². The third kappa shape index (κ3) is 0.830. The van der Waals surface area contributed by atoms with Crippen LogP contribution in [0.15, 0.2) is 11.6 Å². The lowest BCUT2D eigenvalue weighted by Crippen LogP contribution is -2.10. The summed E-state index contributed by atoms with van der Waals surface area (Å²) in [4.78, 5) is 0. The molecule has 0 radical (unpaired) electrons. The van der Waals surface area contributed by atoms with E-state index >= 15 is 0 Å². The Morgan fingerprint density at radius 3 is 2.83 bits per heavy atom. The molecule has 0 saturated heterocycles. The second kappa shape index (κ2) is 1.77. The number of thiol groups is 1. The minimum Gasteiger partial charge on any atom is -0.306 e. The van der Waals surface area contributed by atoms with Crippen LogP contribution in [-0.2, 0) is 0 Å². The van der Waals surface area contributed by atoms with E-state index in [1.807, 2.05) is 11.6 Å². The summed E-state index contributed by atoms with van der Waals surface area (Å²) in [7, 11) is 0. The average Bonchev–Trinajstić information content (AvgIpc) is 1.86. The zero-order valence-electron chi connectivity index (χ0n) is 2.96. The molecule has 0 saturated carbocycles. The largest absolute Gasteiger partial charge is 0.306 e. The van der Waals surface area contributed by atoms with Crippen LogP contribution in [0.4, 0.5) is 0 Å². The SMILES string of the molecule is SN1NC=CS1. The van der Waals surface area contributed by atoms with Gasteiger partial charge in [-0.05, 0) is 11.9 Å². The van der Waals surface area contributed by atoms with Crippen LogP contribution in [0.25, 0.3) is 0 Å². The molecule has 1 rings (SSSR count). The lowest BCUT2D eigenvalue weighted by molar-refractivity contribution is 0.675. The molecule has 0 aliphatic carbocycles. The third-order valence-electron chi connectivity index (χ3n) is 0.414. The average molecular weight is 120 g/mol. The third-order valence-corrected chi connectivity index (χ3v) is 1.37. The molecule has 4 heteroatoms. The van der Waals surface area contributed by atoms with Crippen LogP contribution in [0.5, 0.6) is 0 Å². The molecule has 0 aromatic rings. The highest BCUT2D eigenvalue weighted by Gasteiger charge is 1.95. The minimum absolute atomic E-state index is 1.50. The maximum Gasteiger partial charge on any atom is 0.0223 e. The van der Waals surface area contributed by atoms with Crippen LogP contribution in [0.2, 0.25) is 0 Å². The summed E-state index contributed by atoms with van der Waals surface area (Å²) in [5, 5.41) is 1.91. The van der Waals surface area contributed by atoms with Gasteiger partial charge in [-0.15, -0.1) is 3.82 Å². The van der Waals surface area contributed by atoms with Crippen LogP contribution < -0.4 is 5.43 Å². The van der Waals surface area contributed by atoms with Crippen molar-refractivity contribution in [3.8, 4) is 0 Å². The predicted octanol–water partition coefficient (Wildman–Crippen LogP) is 0.771. The van der Waals surface area contributed by atoms with Crippen molar-refractivity contribution in [3.05, 3.63) is 11.6 Å². The molecule has 0 aromatic heterocycles. The first kappa shape index (κ1) is 4.36. The summed E-state index contributed by atoms with van der Waals surface area (Å²) in [6, 6.07) is 0. The van der Waals surface area contributed by atoms with Crippen molar-refractivity contribution in [1.29, 1.82) is 0 Å². The second-order valence-corrected chi connectivity index (χ2v) is 2.33. The molecule has 0 amide bonds. The van der Waals surface area contributed by atoms with Gasteiger partial charge in [0.15, 0.2) is 0 Å². The molecule has 0 fully saturated rings. The van der Waals surface area contributed by atoms with Gasteiger partial charge < -0.3 is 5.43 Å². The number of hydrogen-bond donors (Lipinski definition) is 2. The van der Waals surface area contributed by atoms with Crippen LogP contribution in [0.3, 0.4) is 0 Å². The van der Waals surface area contributed by atoms with Gasteiger partial charge in [0.2, 0.25) is 0 Å². The van der Waals surface area contributed by atoms with E-state index in [1.54, 1.807) is 3.82 Å². The van der Waals surface area contributed by atoms with Crippen molar-refractivity contribution in [3.63, 3.8) is 0 Å². The van der Waals surface area contributed by atoms with E-state index in [-0.39, 0.29) is 0 Å². The van der Waals surface area contributed by atoms with Crippen molar-refractivity contribution < 1.29 is 0 Å². The zero-order valence-corrected chi connectivity index (χ0v) is 4.67. The van der Waals surface area contributed by atoms with Crippen LogP contribution in [0, 0.1) is 0 Å². The molecule has 0 unspecified atom stereocenters. The van der Waals surface area contributed by atoms with Gasteiger partial charge in [-0.3, -0.25) is 0 Å². The summed E-state index contributed by atoms with van der Waals surface area (Å²) in [5.41, 5.74) is 2.80. The quantitative estimate of drug-likeness (QED) is 0.363. The Bertz CT molecular complexity index is 63.9. The fourth-order valence-electron chi connectivity index (χ4n) is 0.213. The van der Waals surface area contributed by atoms with Gasteiger partial charge in [-0.1, -0.05) is 12.8 Å². The van der Waals surface area contributed by atoms with Gasteiger partial charge in [0, 0.05) is 11.6 Å². The molecule has 1 aliphatic rings. The maximum absolute atomic E-state index is 3.92. The van der Waals surface area contributed by atoms with Gasteiger partial charge in [0.1, 0.15) is 0 Å². The molecular formula is C2H4N2S2. The van der Waals surface area contributed by atoms with Gasteiger partial charge in [0.05, 0.1) is 0 Å². The smallest absolute Gasteiger partial charge is 0.0223 e. The van der Waals surface area contributed by atoms with E-state index in [4.69, 9.17) is 0 Å². The van der Waals surface area contributed by atoms with Crippen LogP contribution in [-0.4, -0.2) is 3.82 Å². The number of hydrogen-bond acceptors (Lipinski definition) is 4. The first-order valence-corrected chi connectivity index (χ1v) is 2.70. The number of hydrazine groups is 1. The molecule has 34 valence electrons. The van der Waals surface area contributed by atoms with E-state index < -0.39 is 0 Å². The molecule has 1 heterocycles. The Labute approximate surface area is 46.2 Å². The van der Waals surface area contributed by atoms with Gasteiger partial charge >= 0.3 is 0 Å². The molecule has 1 aliphatic heterocycles. The lowest BCUT2D eigenvalue weighted by Gasteiger charge is -2.00. The monoisotopic (exact) mass is 120 g/mol. The summed E-state index contributed by atoms with van der Waals surface area (Å²) in [5.74, 6) is 0. The highest BCUT2D eigenvalue weighted by molar-refractivity contribution is 8.07. The Hall–Kier alpha value is 0.200. The molecule has 1 N–H and O–H groups in total. The molecule has 2 nitrogen and oxygen atoms in total. The fourth-order valence-corrected chi connectivity index (χ4v) is 0.801. The standard InChI is InChI=1S/C2H4N2S2/c5-4-3-1-2-6-4/h1-3,5H. The van der Waals surface area contributed by atoms with Crippen molar-refractivity contribution in [2.24, 2.45) is 0 Å². The van der Waals surface area contributed by atoms with Crippen molar-refractivity contribution in [2.45, 2.75) is 0 Å². The minimum atomic E-state index is 1.50. The number of rotatable bonds is 0. The Morgan fingerprint density at radius 1 is 1.83 bits per heavy atom. The van der Waals surface area contributed by atoms with Crippen molar-refractivity contribution in [1.82, 2.24) is 9.25 Å². The highest BCUT2D eigenvalue weighted by atomic mass is 32.2. The van der Waals surface area contributed by atoms with Gasteiger partial charge in [0.25, 0.3) is 0 Å². The Morgan fingerprint density at radius 2 is 2.67 bits per heavy atom. The number of nitrogens with zero attached hydrogens (tertiary/aromatic N) is 1. The summed E-state index contributed by atoms with van der Waals surface area (Å²) in [6.45, 7) is 0. The first-order chi connectivity index (χ1) is 2.89. The predicted molar refractivity (Wildman–Crippen MR) is 30.7 cm³/mol. The van der Waals surface area contributed by atoms with Crippen LogP contribution >= 0.6 is 24.8 Å². The van der Waals surface area contributed by atoms with Crippen molar-refractivity contribution >= 4 is 24.8 Å². The number of nitrogens with one attached hydrogen (secondary N) is 1. The Kier molecular flexibility index (Phi) is 1.29. The summed E-state index contributed by atoms with van der Waals surface area (Å²) in [6.07, 6.45) is 1.82. The van der Waals surface area contributed by atoms with E-state index in [2.05, 4.69) is 18.2 Å². The van der Waals surface area contributed by atoms with E-state index in [9.17, 15) is 0 Å². The van der Waals surface area contributed by atoms with E-state index in [1.165, 1.54) is 11.9 Å².